The van der Waals surface area contributed by atoms with Crippen molar-refractivity contribution in [2.24, 2.45) is 5.73 Å². The fourth-order valence-corrected chi connectivity index (χ4v) is 1.78. The molecule has 19 heavy (non-hydrogen) atoms. The SMILES string of the molecule is CCOc1ccc(C)cc1C(N)CCOCC(F)F. The van der Waals surface area contributed by atoms with Crippen molar-refractivity contribution in [3.63, 3.8) is 0 Å². The van der Waals surface area contributed by atoms with E-state index < -0.39 is 13.0 Å². The maximum Gasteiger partial charge on any atom is 0.261 e. The van der Waals surface area contributed by atoms with E-state index in [1.807, 2.05) is 32.0 Å². The smallest absolute Gasteiger partial charge is 0.261 e. The molecule has 0 aliphatic carbocycles. The van der Waals surface area contributed by atoms with Crippen molar-refractivity contribution < 1.29 is 18.3 Å². The first-order valence-corrected chi connectivity index (χ1v) is 6.39. The van der Waals surface area contributed by atoms with Crippen molar-refractivity contribution in [2.45, 2.75) is 32.7 Å². The Morgan fingerprint density at radius 1 is 1.32 bits per heavy atom. The fourth-order valence-electron chi connectivity index (χ4n) is 1.78. The second-order valence-corrected chi connectivity index (χ2v) is 4.34. The lowest BCUT2D eigenvalue weighted by Crippen LogP contribution is -2.16. The Bertz CT molecular complexity index is 386. The first kappa shape index (κ1) is 15.9. The number of halogens is 2. The highest BCUT2D eigenvalue weighted by Crippen LogP contribution is 2.27. The summed E-state index contributed by atoms with van der Waals surface area (Å²) in [6, 6.07) is 5.52. The molecule has 0 spiro atoms. The highest BCUT2D eigenvalue weighted by Gasteiger charge is 2.13. The maximum absolute atomic E-state index is 11.9. The summed E-state index contributed by atoms with van der Waals surface area (Å²) in [5.74, 6) is 0.745. The average molecular weight is 273 g/mol. The molecule has 0 heterocycles. The van der Waals surface area contributed by atoms with Crippen LogP contribution in [-0.4, -0.2) is 26.2 Å². The third kappa shape index (κ3) is 5.53. The molecule has 0 bridgehead atoms. The molecule has 0 fully saturated rings. The number of ether oxygens (including phenoxy) is 2. The van der Waals surface area contributed by atoms with Crippen LogP contribution in [-0.2, 0) is 4.74 Å². The molecule has 0 saturated carbocycles. The molecule has 0 aromatic heterocycles. The highest BCUT2D eigenvalue weighted by atomic mass is 19.3. The Morgan fingerprint density at radius 3 is 2.68 bits per heavy atom. The lowest BCUT2D eigenvalue weighted by molar-refractivity contribution is 0.0152. The molecule has 0 amide bonds. The quantitative estimate of drug-likeness (QED) is 0.740. The maximum atomic E-state index is 11.9. The van der Waals surface area contributed by atoms with Crippen LogP contribution in [0.25, 0.3) is 0 Å². The van der Waals surface area contributed by atoms with E-state index in [4.69, 9.17) is 15.2 Å². The van der Waals surface area contributed by atoms with Gasteiger partial charge in [-0.3, -0.25) is 0 Å². The number of hydrogen-bond acceptors (Lipinski definition) is 3. The largest absolute Gasteiger partial charge is 0.494 e. The van der Waals surface area contributed by atoms with Gasteiger partial charge in [0.1, 0.15) is 12.4 Å². The third-order valence-electron chi connectivity index (χ3n) is 2.68. The van der Waals surface area contributed by atoms with Crippen LogP contribution >= 0.6 is 0 Å². The molecule has 1 rings (SSSR count). The van der Waals surface area contributed by atoms with Crippen molar-refractivity contribution in [3.8, 4) is 5.75 Å². The normalized spacial score (nSPS) is 12.7. The minimum Gasteiger partial charge on any atom is -0.494 e. The summed E-state index contributed by atoms with van der Waals surface area (Å²) in [5.41, 5.74) is 8.04. The summed E-state index contributed by atoms with van der Waals surface area (Å²) in [6.45, 7) is 4.11. The Labute approximate surface area is 112 Å². The van der Waals surface area contributed by atoms with Crippen LogP contribution in [0.3, 0.4) is 0 Å². The summed E-state index contributed by atoms with van der Waals surface area (Å²) in [4.78, 5) is 0. The van der Waals surface area contributed by atoms with Gasteiger partial charge in [-0.2, -0.15) is 0 Å². The number of hydrogen-bond donors (Lipinski definition) is 1. The molecule has 0 saturated heterocycles. The Morgan fingerprint density at radius 2 is 2.05 bits per heavy atom. The Hall–Kier alpha value is -1.20. The van der Waals surface area contributed by atoms with Gasteiger partial charge < -0.3 is 15.2 Å². The zero-order valence-electron chi connectivity index (χ0n) is 11.4. The van der Waals surface area contributed by atoms with Crippen LogP contribution in [0.5, 0.6) is 5.75 Å². The van der Waals surface area contributed by atoms with E-state index in [9.17, 15) is 8.78 Å². The van der Waals surface area contributed by atoms with Gasteiger partial charge in [0, 0.05) is 18.2 Å². The molecule has 0 aliphatic rings. The molecule has 0 radical (unpaired) electrons. The van der Waals surface area contributed by atoms with Crippen LogP contribution in [0.4, 0.5) is 8.78 Å². The van der Waals surface area contributed by atoms with Crippen molar-refractivity contribution in [3.05, 3.63) is 29.3 Å². The number of rotatable bonds is 8. The van der Waals surface area contributed by atoms with Crippen molar-refractivity contribution in [1.82, 2.24) is 0 Å². The van der Waals surface area contributed by atoms with E-state index in [1.165, 1.54) is 0 Å². The van der Waals surface area contributed by atoms with Gasteiger partial charge >= 0.3 is 0 Å². The first-order chi connectivity index (χ1) is 9.04. The number of aryl methyl sites for hydroxylation is 1. The van der Waals surface area contributed by atoms with Crippen LogP contribution < -0.4 is 10.5 Å². The lowest BCUT2D eigenvalue weighted by atomic mass is 10.0. The van der Waals surface area contributed by atoms with E-state index in [0.717, 1.165) is 16.9 Å². The van der Waals surface area contributed by atoms with Gasteiger partial charge in [-0.1, -0.05) is 17.7 Å². The molecular weight excluding hydrogens is 252 g/mol. The molecular formula is C14H21F2NO2. The van der Waals surface area contributed by atoms with E-state index in [1.54, 1.807) is 0 Å². The van der Waals surface area contributed by atoms with Crippen LogP contribution in [0.2, 0.25) is 0 Å². The molecule has 5 heteroatoms. The van der Waals surface area contributed by atoms with E-state index >= 15 is 0 Å². The summed E-state index contributed by atoms with van der Waals surface area (Å²) in [7, 11) is 0. The lowest BCUT2D eigenvalue weighted by Gasteiger charge is -2.17. The minimum absolute atomic E-state index is 0.213. The van der Waals surface area contributed by atoms with Gasteiger partial charge in [0.05, 0.1) is 6.61 Å². The number of benzene rings is 1. The number of nitrogens with two attached hydrogens (primary N) is 1. The third-order valence-corrected chi connectivity index (χ3v) is 2.68. The second-order valence-electron chi connectivity index (χ2n) is 4.34. The van der Waals surface area contributed by atoms with Gasteiger partial charge in [0.2, 0.25) is 0 Å². The highest BCUT2D eigenvalue weighted by molar-refractivity contribution is 5.39. The number of alkyl halides is 2. The standard InChI is InChI=1S/C14H21F2NO2/c1-3-19-13-5-4-10(2)8-11(13)12(17)6-7-18-9-14(15)16/h4-5,8,12,14H,3,6-7,9,17H2,1-2H3. The van der Waals surface area contributed by atoms with Crippen molar-refractivity contribution in [2.75, 3.05) is 19.8 Å². The Kier molecular flexibility index (Phi) is 6.73. The van der Waals surface area contributed by atoms with Crippen molar-refractivity contribution >= 4 is 0 Å². The summed E-state index contributed by atoms with van der Waals surface area (Å²) in [6.07, 6.45) is -1.95. The Balaban J connectivity index is 2.59. The zero-order valence-corrected chi connectivity index (χ0v) is 11.4. The predicted octanol–water partition coefficient (Wildman–Crippen LogP) is 3.07. The van der Waals surface area contributed by atoms with E-state index in [2.05, 4.69) is 0 Å². The second kappa shape index (κ2) is 8.07. The first-order valence-electron chi connectivity index (χ1n) is 6.39. The monoisotopic (exact) mass is 273 g/mol. The molecule has 108 valence electrons. The van der Waals surface area contributed by atoms with Crippen LogP contribution in [0.15, 0.2) is 18.2 Å². The van der Waals surface area contributed by atoms with Crippen molar-refractivity contribution in [1.29, 1.82) is 0 Å². The van der Waals surface area contributed by atoms with Crippen LogP contribution in [0.1, 0.15) is 30.5 Å². The van der Waals surface area contributed by atoms with Gasteiger partial charge in [-0.15, -0.1) is 0 Å². The van der Waals surface area contributed by atoms with Gasteiger partial charge in [-0.05, 0) is 26.3 Å². The average Bonchev–Trinajstić information content (AvgIpc) is 2.36. The van der Waals surface area contributed by atoms with Gasteiger partial charge in [0.25, 0.3) is 6.43 Å². The van der Waals surface area contributed by atoms with Gasteiger partial charge in [0.15, 0.2) is 0 Å². The van der Waals surface area contributed by atoms with E-state index in [0.29, 0.717) is 13.0 Å². The van der Waals surface area contributed by atoms with Crippen LogP contribution in [0, 0.1) is 6.92 Å². The predicted molar refractivity (Wildman–Crippen MR) is 70.7 cm³/mol. The molecule has 0 aliphatic heterocycles. The molecule has 1 aromatic carbocycles. The topological polar surface area (TPSA) is 44.5 Å². The van der Waals surface area contributed by atoms with E-state index in [-0.39, 0.29) is 12.6 Å². The molecule has 1 atom stereocenters. The zero-order chi connectivity index (χ0) is 14.3. The summed E-state index contributed by atoms with van der Waals surface area (Å²) < 4.78 is 34.2. The van der Waals surface area contributed by atoms with Gasteiger partial charge in [-0.25, -0.2) is 8.78 Å². The summed E-state index contributed by atoms with van der Waals surface area (Å²) in [5, 5.41) is 0. The molecule has 2 N–H and O–H groups in total. The molecule has 3 nitrogen and oxygen atoms in total. The molecule has 1 aromatic rings. The minimum atomic E-state index is -2.44. The molecule has 1 unspecified atom stereocenters. The summed E-state index contributed by atoms with van der Waals surface area (Å²) >= 11 is 0. The fraction of sp³-hybridized carbons (Fsp3) is 0.571.